The Kier molecular flexibility index (Phi) is 5.31. The van der Waals surface area contributed by atoms with Crippen LogP contribution in [-0.4, -0.2) is 44.1 Å². The van der Waals surface area contributed by atoms with Crippen LogP contribution >= 0.6 is 15.9 Å². The number of nitrogens with zero attached hydrogens (tertiary/aromatic N) is 1. The maximum absolute atomic E-state index is 11.7. The first-order chi connectivity index (χ1) is 11.6. The van der Waals surface area contributed by atoms with Gasteiger partial charge in [-0.2, -0.15) is 5.10 Å². The van der Waals surface area contributed by atoms with Crippen LogP contribution in [0.2, 0.25) is 0 Å². The van der Waals surface area contributed by atoms with Crippen LogP contribution in [0.15, 0.2) is 21.7 Å². The molecule has 1 atom stereocenters. The molecule has 2 aliphatic rings. The van der Waals surface area contributed by atoms with E-state index >= 15 is 0 Å². The van der Waals surface area contributed by atoms with E-state index in [1.165, 1.54) is 6.21 Å². The SMILES string of the molecule is O=C(NCC1CCCO1)C(=O)NN=Cc1cc2c(cc1Br)OCO2. The standard InChI is InChI=1S/C15H16BrN3O5/c16-11-5-13-12(23-8-24-13)4-9(11)6-18-19-15(21)14(20)17-7-10-2-1-3-22-10/h4-6,10H,1-3,7-8H2,(H,17,20)(H,19,21). The molecule has 0 bridgehead atoms. The number of nitrogens with one attached hydrogen (secondary N) is 2. The summed E-state index contributed by atoms with van der Waals surface area (Å²) in [5, 5.41) is 6.31. The van der Waals surface area contributed by atoms with E-state index in [0.29, 0.717) is 30.2 Å². The lowest BCUT2D eigenvalue weighted by molar-refractivity contribution is -0.139. The van der Waals surface area contributed by atoms with E-state index in [1.54, 1.807) is 12.1 Å². The van der Waals surface area contributed by atoms with Gasteiger partial charge in [0.25, 0.3) is 0 Å². The highest BCUT2D eigenvalue weighted by atomic mass is 79.9. The maximum atomic E-state index is 11.7. The van der Waals surface area contributed by atoms with E-state index in [9.17, 15) is 9.59 Å². The van der Waals surface area contributed by atoms with Crippen molar-refractivity contribution in [2.45, 2.75) is 18.9 Å². The molecule has 1 aromatic rings. The van der Waals surface area contributed by atoms with Gasteiger partial charge in [0.1, 0.15) is 0 Å². The van der Waals surface area contributed by atoms with E-state index in [0.717, 1.165) is 17.3 Å². The minimum absolute atomic E-state index is 0.0187. The molecule has 9 heteroatoms. The second kappa shape index (κ2) is 7.63. The molecule has 0 saturated carbocycles. The smallest absolute Gasteiger partial charge is 0.329 e. The fraction of sp³-hybridized carbons (Fsp3) is 0.400. The summed E-state index contributed by atoms with van der Waals surface area (Å²) in [4.78, 5) is 23.3. The summed E-state index contributed by atoms with van der Waals surface area (Å²) in [5.41, 5.74) is 2.87. The number of halogens is 1. The zero-order chi connectivity index (χ0) is 16.9. The van der Waals surface area contributed by atoms with Crippen molar-refractivity contribution in [3.63, 3.8) is 0 Å². The summed E-state index contributed by atoms with van der Waals surface area (Å²) in [6.07, 6.45) is 3.26. The van der Waals surface area contributed by atoms with Gasteiger partial charge >= 0.3 is 11.8 Å². The topological polar surface area (TPSA) is 98.2 Å². The normalized spacial score (nSPS) is 18.8. The highest BCUT2D eigenvalue weighted by Gasteiger charge is 2.19. The van der Waals surface area contributed by atoms with Crippen molar-refractivity contribution in [3.8, 4) is 11.5 Å². The number of ether oxygens (including phenoxy) is 3. The largest absolute Gasteiger partial charge is 0.454 e. The fourth-order valence-corrected chi connectivity index (χ4v) is 2.76. The van der Waals surface area contributed by atoms with Gasteiger partial charge in [-0.05, 0) is 40.9 Å². The molecule has 0 aromatic heterocycles. The van der Waals surface area contributed by atoms with Crippen LogP contribution in [0.4, 0.5) is 0 Å². The number of fused-ring (bicyclic) bond motifs is 1. The average Bonchev–Trinajstić information content (AvgIpc) is 3.23. The molecule has 1 unspecified atom stereocenters. The van der Waals surface area contributed by atoms with E-state index in [1.807, 2.05) is 0 Å². The van der Waals surface area contributed by atoms with E-state index < -0.39 is 11.8 Å². The number of hydrazone groups is 1. The monoisotopic (exact) mass is 397 g/mol. The van der Waals surface area contributed by atoms with Gasteiger partial charge in [-0.3, -0.25) is 9.59 Å². The van der Waals surface area contributed by atoms with E-state index in [-0.39, 0.29) is 12.9 Å². The summed E-state index contributed by atoms with van der Waals surface area (Å²) in [5.74, 6) is -0.342. The lowest BCUT2D eigenvalue weighted by Crippen LogP contribution is -2.41. The second-order valence-electron chi connectivity index (χ2n) is 5.27. The Bertz CT molecular complexity index is 673. The zero-order valence-corrected chi connectivity index (χ0v) is 14.3. The lowest BCUT2D eigenvalue weighted by atomic mass is 10.2. The number of hydrogen-bond acceptors (Lipinski definition) is 6. The average molecular weight is 398 g/mol. The molecule has 2 aliphatic heterocycles. The Labute approximate surface area is 146 Å². The zero-order valence-electron chi connectivity index (χ0n) is 12.7. The van der Waals surface area contributed by atoms with Gasteiger partial charge in [0.2, 0.25) is 6.79 Å². The number of rotatable bonds is 4. The number of carbonyl (C=O) groups excluding carboxylic acids is 2. The molecule has 0 radical (unpaired) electrons. The number of carbonyl (C=O) groups is 2. The van der Waals surface area contributed by atoms with Gasteiger partial charge in [-0.25, -0.2) is 5.43 Å². The molecule has 1 aromatic carbocycles. The van der Waals surface area contributed by atoms with Crippen LogP contribution in [0.1, 0.15) is 18.4 Å². The Balaban J connectivity index is 1.50. The first-order valence-corrected chi connectivity index (χ1v) is 8.25. The molecular weight excluding hydrogens is 382 g/mol. The molecule has 3 rings (SSSR count). The van der Waals surface area contributed by atoms with Crippen LogP contribution in [0, 0.1) is 0 Å². The Morgan fingerprint density at radius 2 is 2.08 bits per heavy atom. The summed E-state index contributed by atoms with van der Waals surface area (Å²) >= 11 is 3.38. The minimum Gasteiger partial charge on any atom is -0.454 e. The molecule has 1 saturated heterocycles. The Morgan fingerprint density at radius 1 is 1.29 bits per heavy atom. The predicted octanol–water partition coefficient (Wildman–Crippen LogP) is 0.923. The van der Waals surface area contributed by atoms with Crippen molar-refractivity contribution in [1.29, 1.82) is 0 Å². The van der Waals surface area contributed by atoms with Crippen molar-refractivity contribution in [2.75, 3.05) is 19.9 Å². The van der Waals surface area contributed by atoms with Gasteiger partial charge in [0, 0.05) is 23.2 Å². The van der Waals surface area contributed by atoms with Crippen LogP contribution in [0.3, 0.4) is 0 Å². The van der Waals surface area contributed by atoms with E-state index in [4.69, 9.17) is 14.2 Å². The van der Waals surface area contributed by atoms with Crippen LogP contribution in [-0.2, 0) is 14.3 Å². The molecular formula is C15H16BrN3O5. The molecule has 2 heterocycles. The minimum atomic E-state index is -0.832. The maximum Gasteiger partial charge on any atom is 0.329 e. The third-order valence-corrected chi connectivity index (χ3v) is 4.27. The highest BCUT2D eigenvalue weighted by molar-refractivity contribution is 9.10. The number of amides is 2. The van der Waals surface area contributed by atoms with Crippen molar-refractivity contribution >= 4 is 34.0 Å². The highest BCUT2D eigenvalue weighted by Crippen LogP contribution is 2.36. The Morgan fingerprint density at radius 3 is 2.83 bits per heavy atom. The van der Waals surface area contributed by atoms with Crippen molar-refractivity contribution in [1.82, 2.24) is 10.7 Å². The molecule has 24 heavy (non-hydrogen) atoms. The summed E-state index contributed by atoms with van der Waals surface area (Å²) in [7, 11) is 0. The molecule has 1 fully saturated rings. The van der Waals surface area contributed by atoms with Gasteiger partial charge in [0.15, 0.2) is 11.5 Å². The predicted molar refractivity (Wildman–Crippen MR) is 88.0 cm³/mol. The van der Waals surface area contributed by atoms with E-state index in [2.05, 4.69) is 31.8 Å². The lowest BCUT2D eigenvalue weighted by Gasteiger charge is -2.09. The molecule has 2 amide bonds. The quantitative estimate of drug-likeness (QED) is 0.447. The molecule has 0 spiro atoms. The summed E-state index contributed by atoms with van der Waals surface area (Å²) < 4.78 is 16.6. The molecule has 8 nitrogen and oxygen atoms in total. The van der Waals surface area contributed by atoms with Crippen molar-refractivity contribution in [3.05, 3.63) is 22.2 Å². The van der Waals surface area contributed by atoms with Gasteiger partial charge in [0.05, 0.1) is 12.3 Å². The molecule has 0 aliphatic carbocycles. The third-order valence-electron chi connectivity index (χ3n) is 3.58. The molecule has 2 N–H and O–H groups in total. The second-order valence-corrected chi connectivity index (χ2v) is 6.13. The number of benzene rings is 1. The van der Waals surface area contributed by atoms with Gasteiger partial charge < -0.3 is 19.5 Å². The van der Waals surface area contributed by atoms with Crippen LogP contribution < -0.4 is 20.2 Å². The first-order valence-electron chi connectivity index (χ1n) is 7.45. The van der Waals surface area contributed by atoms with Gasteiger partial charge in [-0.15, -0.1) is 0 Å². The van der Waals surface area contributed by atoms with Crippen LogP contribution in [0.5, 0.6) is 11.5 Å². The summed E-state index contributed by atoms with van der Waals surface area (Å²) in [6.45, 7) is 1.19. The van der Waals surface area contributed by atoms with Gasteiger partial charge in [-0.1, -0.05) is 0 Å². The Hall–Kier alpha value is -2.13. The first kappa shape index (κ1) is 16.7. The van der Waals surface area contributed by atoms with Crippen molar-refractivity contribution < 1.29 is 23.8 Å². The number of hydrogen-bond donors (Lipinski definition) is 2. The summed E-state index contributed by atoms with van der Waals surface area (Å²) in [6, 6.07) is 3.47. The van der Waals surface area contributed by atoms with Crippen LogP contribution in [0.25, 0.3) is 0 Å². The fourth-order valence-electron chi connectivity index (χ4n) is 2.34. The third kappa shape index (κ3) is 4.04. The molecule has 128 valence electrons. The van der Waals surface area contributed by atoms with Crippen molar-refractivity contribution in [2.24, 2.45) is 5.10 Å².